The molecule has 2 aliphatic carbocycles. The Hall–Kier alpha value is -2.86. The van der Waals surface area contributed by atoms with Crippen molar-refractivity contribution in [3.8, 4) is 11.5 Å². The lowest BCUT2D eigenvalue weighted by Gasteiger charge is -2.39. The van der Waals surface area contributed by atoms with Crippen LogP contribution in [0.5, 0.6) is 11.5 Å². The van der Waals surface area contributed by atoms with E-state index >= 15 is 0 Å². The molecule has 5 nitrogen and oxygen atoms in total. The van der Waals surface area contributed by atoms with E-state index in [2.05, 4.69) is 12.1 Å². The second-order valence-corrected chi connectivity index (χ2v) is 8.89. The average molecular weight is 424 g/mol. The molecule has 4 atom stereocenters. The standard InChI is InChI=1S/C25H25FO5/c1-15(8-17-9-20(27)21(29-2)10-19(17)26)25-13-24(22(28)11-23(25)30-14-31-25)12-18(24)16-6-4-3-5-7-16/h3-7,9-11,15,18,27H,8,12-14H2,1-2H3/t15-,18+,24?,25+/m0/s1. The van der Waals surface area contributed by atoms with E-state index in [9.17, 15) is 14.3 Å². The molecule has 1 spiro atoms. The predicted octanol–water partition coefficient (Wildman–Crippen LogP) is 4.49. The summed E-state index contributed by atoms with van der Waals surface area (Å²) < 4.78 is 31.5. The van der Waals surface area contributed by atoms with Crippen LogP contribution in [0.3, 0.4) is 0 Å². The molecule has 0 aromatic heterocycles. The molecule has 6 heteroatoms. The van der Waals surface area contributed by atoms with E-state index in [-0.39, 0.29) is 35.9 Å². The molecule has 2 aromatic rings. The summed E-state index contributed by atoms with van der Waals surface area (Å²) in [5.74, 6) is 0.131. The topological polar surface area (TPSA) is 65.0 Å². The predicted molar refractivity (Wildman–Crippen MR) is 111 cm³/mol. The van der Waals surface area contributed by atoms with E-state index in [1.807, 2.05) is 25.1 Å². The smallest absolute Gasteiger partial charge is 0.189 e. The molecular weight excluding hydrogens is 399 g/mol. The first-order valence-electron chi connectivity index (χ1n) is 10.5. The van der Waals surface area contributed by atoms with Crippen LogP contribution in [0.2, 0.25) is 0 Å². The maximum Gasteiger partial charge on any atom is 0.189 e. The van der Waals surface area contributed by atoms with Crippen LogP contribution in [0.4, 0.5) is 4.39 Å². The van der Waals surface area contributed by atoms with Gasteiger partial charge in [-0.3, -0.25) is 4.79 Å². The third-order valence-electron chi connectivity index (χ3n) is 7.23. The van der Waals surface area contributed by atoms with Gasteiger partial charge >= 0.3 is 0 Å². The van der Waals surface area contributed by atoms with Gasteiger partial charge in [0.05, 0.1) is 7.11 Å². The largest absolute Gasteiger partial charge is 0.504 e. The number of methoxy groups -OCH3 is 1. The molecule has 1 unspecified atom stereocenters. The number of carbonyl (C=O) groups excluding carboxylic acids is 1. The Morgan fingerprint density at radius 1 is 1.29 bits per heavy atom. The van der Waals surface area contributed by atoms with Crippen molar-refractivity contribution in [1.29, 1.82) is 0 Å². The molecule has 2 fully saturated rings. The highest BCUT2D eigenvalue weighted by Crippen LogP contribution is 2.68. The second-order valence-electron chi connectivity index (χ2n) is 8.89. The first-order chi connectivity index (χ1) is 14.9. The van der Waals surface area contributed by atoms with Crippen LogP contribution in [0.25, 0.3) is 0 Å². The number of aromatic hydroxyl groups is 1. The highest BCUT2D eigenvalue weighted by molar-refractivity contribution is 6.00. The number of ketones is 1. The number of phenolic OH excluding ortho intramolecular Hbond substituents is 1. The number of fused-ring (bicyclic) bond motifs is 1. The Kier molecular flexibility index (Phi) is 4.59. The molecular formula is C25H25FO5. The van der Waals surface area contributed by atoms with Crippen molar-refractivity contribution in [2.24, 2.45) is 11.3 Å². The van der Waals surface area contributed by atoms with Gasteiger partial charge in [0.1, 0.15) is 17.2 Å². The van der Waals surface area contributed by atoms with Crippen molar-refractivity contribution < 1.29 is 28.5 Å². The van der Waals surface area contributed by atoms with Gasteiger partial charge < -0.3 is 19.3 Å². The van der Waals surface area contributed by atoms with Crippen molar-refractivity contribution in [2.75, 3.05) is 13.9 Å². The van der Waals surface area contributed by atoms with Crippen molar-refractivity contribution in [3.05, 3.63) is 71.2 Å². The summed E-state index contributed by atoms with van der Waals surface area (Å²) in [5, 5.41) is 10.1. The van der Waals surface area contributed by atoms with Crippen LogP contribution < -0.4 is 4.74 Å². The van der Waals surface area contributed by atoms with E-state index in [1.54, 1.807) is 6.08 Å². The third kappa shape index (κ3) is 3.04. The van der Waals surface area contributed by atoms with E-state index in [1.165, 1.54) is 19.2 Å². The first-order valence-corrected chi connectivity index (χ1v) is 10.5. The Bertz CT molecular complexity index is 1070. The molecule has 1 saturated carbocycles. The normalized spacial score (nSPS) is 29.8. The number of ether oxygens (including phenoxy) is 3. The maximum absolute atomic E-state index is 14.7. The monoisotopic (exact) mass is 424 g/mol. The number of hydrogen-bond acceptors (Lipinski definition) is 5. The van der Waals surface area contributed by atoms with E-state index in [0.717, 1.165) is 12.0 Å². The summed E-state index contributed by atoms with van der Waals surface area (Å²) >= 11 is 0. The number of carbonyl (C=O) groups is 1. The number of halogens is 1. The van der Waals surface area contributed by atoms with Crippen molar-refractivity contribution in [3.63, 3.8) is 0 Å². The van der Waals surface area contributed by atoms with Crippen LogP contribution in [0, 0.1) is 17.2 Å². The van der Waals surface area contributed by atoms with E-state index < -0.39 is 16.8 Å². The van der Waals surface area contributed by atoms with Gasteiger partial charge in [0, 0.05) is 17.6 Å². The van der Waals surface area contributed by atoms with Gasteiger partial charge in [-0.1, -0.05) is 37.3 Å². The highest BCUT2D eigenvalue weighted by Gasteiger charge is 2.67. The van der Waals surface area contributed by atoms with Gasteiger partial charge in [-0.25, -0.2) is 4.39 Å². The fraction of sp³-hybridized carbons (Fsp3) is 0.400. The quantitative estimate of drug-likeness (QED) is 0.766. The number of phenols is 1. The lowest BCUT2D eigenvalue weighted by molar-refractivity contribution is -0.125. The molecule has 5 rings (SSSR count). The Balaban J connectivity index is 1.46. The zero-order chi connectivity index (χ0) is 21.8. The van der Waals surface area contributed by atoms with E-state index in [4.69, 9.17) is 14.2 Å². The SMILES string of the molecule is COc1cc(F)c(C[C@H](C)[C@]23CC4(C[C@@H]4c4ccccc4)C(=O)C=C2OCO3)cc1O. The van der Waals surface area contributed by atoms with Crippen LogP contribution in [0.1, 0.15) is 36.8 Å². The minimum absolute atomic E-state index is 0.0753. The van der Waals surface area contributed by atoms with Crippen LogP contribution in [0.15, 0.2) is 54.3 Å². The van der Waals surface area contributed by atoms with Crippen molar-refractivity contribution in [1.82, 2.24) is 0 Å². The fourth-order valence-corrected chi connectivity index (χ4v) is 5.37. The Morgan fingerprint density at radius 2 is 2.06 bits per heavy atom. The van der Waals surface area contributed by atoms with Crippen LogP contribution in [-0.4, -0.2) is 30.4 Å². The molecule has 0 bridgehead atoms. The molecule has 2 aromatic carbocycles. The molecule has 0 radical (unpaired) electrons. The first kappa shape index (κ1) is 20.1. The fourth-order valence-electron chi connectivity index (χ4n) is 5.37. The summed E-state index contributed by atoms with van der Waals surface area (Å²) in [7, 11) is 1.38. The average Bonchev–Trinajstić information content (AvgIpc) is 3.34. The molecule has 0 amide bonds. The zero-order valence-electron chi connectivity index (χ0n) is 17.6. The molecule has 3 aliphatic rings. The Morgan fingerprint density at radius 3 is 2.81 bits per heavy atom. The maximum atomic E-state index is 14.7. The number of rotatable bonds is 5. The summed E-state index contributed by atoms with van der Waals surface area (Å²) in [6.45, 7) is 2.05. The van der Waals surface area contributed by atoms with Gasteiger partial charge in [-0.05, 0) is 48.3 Å². The van der Waals surface area contributed by atoms with Gasteiger partial charge in [0.25, 0.3) is 0 Å². The Labute approximate surface area is 180 Å². The van der Waals surface area contributed by atoms with Gasteiger partial charge in [0.2, 0.25) is 0 Å². The molecule has 1 heterocycles. The summed E-state index contributed by atoms with van der Waals surface area (Å²) in [4.78, 5) is 13.1. The van der Waals surface area contributed by atoms with Gasteiger partial charge in [-0.2, -0.15) is 0 Å². The second kappa shape index (κ2) is 7.09. The van der Waals surface area contributed by atoms with Crippen LogP contribution in [-0.2, 0) is 20.7 Å². The van der Waals surface area contributed by atoms with Crippen molar-refractivity contribution >= 4 is 5.78 Å². The minimum Gasteiger partial charge on any atom is -0.504 e. The van der Waals surface area contributed by atoms with Gasteiger partial charge in [0.15, 0.2) is 24.1 Å². The lowest BCUT2D eigenvalue weighted by atomic mass is 9.69. The lowest BCUT2D eigenvalue weighted by Crippen LogP contribution is -2.46. The minimum atomic E-state index is -0.792. The number of hydrogen-bond donors (Lipinski definition) is 1. The number of allylic oxidation sites excluding steroid dienone is 1. The van der Waals surface area contributed by atoms with E-state index in [0.29, 0.717) is 24.2 Å². The molecule has 31 heavy (non-hydrogen) atoms. The summed E-state index contributed by atoms with van der Waals surface area (Å²) in [6.07, 6.45) is 3.20. The molecule has 1 N–H and O–H groups in total. The highest BCUT2D eigenvalue weighted by atomic mass is 19.1. The van der Waals surface area contributed by atoms with Gasteiger partial charge in [-0.15, -0.1) is 0 Å². The molecule has 1 aliphatic heterocycles. The van der Waals surface area contributed by atoms with Crippen LogP contribution >= 0.6 is 0 Å². The summed E-state index contributed by atoms with van der Waals surface area (Å²) in [6, 6.07) is 12.7. The van der Waals surface area contributed by atoms with Crippen molar-refractivity contribution in [2.45, 2.75) is 37.7 Å². The zero-order valence-corrected chi connectivity index (χ0v) is 17.6. The molecule has 1 saturated heterocycles. The molecule has 162 valence electrons. The third-order valence-corrected chi connectivity index (χ3v) is 7.23. The summed E-state index contributed by atoms with van der Waals surface area (Å²) in [5.41, 5.74) is 0.226. The number of benzene rings is 2.